The number of aromatic nitrogens is 2. The summed E-state index contributed by atoms with van der Waals surface area (Å²) >= 11 is 0. The molecule has 0 unspecified atom stereocenters. The van der Waals surface area contributed by atoms with E-state index in [0.717, 1.165) is 23.0 Å². The number of anilines is 2. The molecular formula is C14H10FN3O. The van der Waals surface area contributed by atoms with Gasteiger partial charge >= 0.3 is 0 Å². The monoisotopic (exact) mass is 255 g/mol. The number of aromatic amines is 1. The van der Waals surface area contributed by atoms with Crippen molar-refractivity contribution in [2.75, 3.05) is 5.32 Å². The van der Waals surface area contributed by atoms with Gasteiger partial charge < -0.3 is 10.3 Å². The molecule has 5 heteroatoms. The van der Waals surface area contributed by atoms with Gasteiger partial charge in [-0.3, -0.25) is 4.79 Å². The average molecular weight is 255 g/mol. The van der Waals surface area contributed by atoms with Crippen molar-refractivity contribution < 1.29 is 9.18 Å². The standard InChI is InChI=1S/C14H10FN3O/c15-10-2-4-11(5-3-10)16-14-17-12-6-1-9(8-19)7-13(12)18-14/h1-8H,(H2,16,17,18). The van der Waals surface area contributed by atoms with E-state index in [-0.39, 0.29) is 5.82 Å². The summed E-state index contributed by atoms with van der Waals surface area (Å²) in [5.41, 5.74) is 2.85. The van der Waals surface area contributed by atoms with Gasteiger partial charge in [0.1, 0.15) is 12.1 Å². The Kier molecular flexibility index (Phi) is 2.72. The van der Waals surface area contributed by atoms with Crippen LogP contribution in [0.4, 0.5) is 16.0 Å². The Balaban J connectivity index is 1.92. The molecule has 0 aliphatic carbocycles. The van der Waals surface area contributed by atoms with E-state index in [0.29, 0.717) is 11.5 Å². The Morgan fingerprint density at radius 2 is 1.95 bits per heavy atom. The number of rotatable bonds is 3. The van der Waals surface area contributed by atoms with Crippen LogP contribution in [0.15, 0.2) is 42.5 Å². The maximum Gasteiger partial charge on any atom is 0.205 e. The number of fused-ring (bicyclic) bond motifs is 1. The normalized spacial score (nSPS) is 10.6. The molecule has 19 heavy (non-hydrogen) atoms. The van der Waals surface area contributed by atoms with Crippen LogP contribution in [-0.4, -0.2) is 16.3 Å². The van der Waals surface area contributed by atoms with Gasteiger partial charge in [0, 0.05) is 11.3 Å². The Hall–Kier alpha value is -2.69. The molecule has 2 aromatic carbocycles. The van der Waals surface area contributed by atoms with Gasteiger partial charge in [-0.1, -0.05) is 0 Å². The molecule has 94 valence electrons. The van der Waals surface area contributed by atoms with Crippen LogP contribution in [0.3, 0.4) is 0 Å². The molecule has 2 N–H and O–H groups in total. The molecule has 0 fully saturated rings. The second-order valence-corrected chi connectivity index (χ2v) is 4.11. The Labute approximate surface area is 108 Å². The number of hydrogen-bond donors (Lipinski definition) is 2. The zero-order valence-electron chi connectivity index (χ0n) is 9.85. The van der Waals surface area contributed by atoms with Gasteiger partial charge in [-0.25, -0.2) is 9.37 Å². The van der Waals surface area contributed by atoms with E-state index < -0.39 is 0 Å². The number of H-pyrrole nitrogens is 1. The fourth-order valence-electron chi connectivity index (χ4n) is 1.83. The van der Waals surface area contributed by atoms with E-state index in [1.54, 1.807) is 30.3 Å². The summed E-state index contributed by atoms with van der Waals surface area (Å²) in [6.45, 7) is 0. The van der Waals surface area contributed by atoms with Crippen LogP contribution in [0.5, 0.6) is 0 Å². The molecule has 3 rings (SSSR count). The molecule has 0 radical (unpaired) electrons. The molecule has 0 atom stereocenters. The molecule has 1 aromatic heterocycles. The summed E-state index contributed by atoms with van der Waals surface area (Å²) in [5.74, 6) is 0.260. The van der Waals surface area contributed by atoms with Crippen LogP contribution in [0.25, 0.3) is 11.0 Å². The van der Waals surface area contributed by atoms with Crippen molar-refractivity contribution >= 4 is 29.0 Å². The quantitative estimate of drug-likeness (QED) is 0.706. The second-order valence-electron chi connectivity index (χ2n) is 4.11. The number of imidazole rings is 1. The van der Waals surface area contributed by atoms with Crippen LogP contribution in [0.2, 0.25) is 0 Å². The van der Waals surface area contributed by atoms with E-state index in [1.165, 1.54) is 12.1 Å². The van der Waals surface area contributed by atoms with Crippen molar-refractivity contribution in [3.63, 3.8) is 0 Å². The molecule has 0 saturated heterocycles. The predicted octanol–water partition coefficient (Wildman–Crippen LogP) is 3.26. The minimum atomic E-state index is -0.286. The van der Waals surface area contributed by atoms with Crippen molar-refractivity contribution in [1.29, 1.82) is 0 Å². The number of hydrogen-bond acceptors (Lipinski definition) is 3. The molecule has 0 aliphatic rings. The molecule has 0 aliphatic heterocycles. The molecule has 3 aromatic rings. The van der Waals surface area contributed by atoms with Gasteiger partial charge in [0.15, 0.2) is 0 Å². The van der Waals surface area contributed by atoms with E-state index >= 15 is 0 Å². The fourth-order valence-corrected chi connectivity index (χ4v) is 1.83. The van der Waals surface area contributed by atoms with Gasteiger partial charge in [-0.05, 0) is 42.5 Å². The predicted molar refractivity (Wildman–Crippen MR) is 71.2 cm³/mol. The van der Waals surface area contributed by atoms with E-state index in [2.05, 4.69) is 15.3 Å². The number of aldehydes is 1. The molecule has 0 bridgehead atoms. The topological polar surface area (TPSA) is 57.8 Å². The minimum absolute atomic E-state index is 0.286. The Morgan fingerprint density at radius 3 is 2.68 bits per heavy atom. The second kappa shape index (κ2) is 4.53. The van der Waals surface area contributed by atoms with Crippen LogP contribution >= 0.6 is 0 Å². The number of halogens is 1. The van der Waals surface area contributed by atoms with Crippen LogP contribution in [0.1, 0.15) is 10.4 Å². The fraction of sp³-hybridized carbons (Fsp3) is 0. The smallest absolute Gasteiger partial charge is 0.205 e. The zero-order chi connectivity index (χ0) is 13.2. The highest BCUT2D eigenvalue weighted by Gasteiger charge is 2.04. The summed E-state index contributed by atoms with van der Waals surface area (Å²) in [6.07, 6.45) is 0.785. The summed E-state index contributed by atoms with van der Waals surface area (Å²) in [5, 5.41) is 3.04. The van der Waals surface area contributed by atoms with Crippen LogP contribution in [0, 0.1) is 5.82 Å². The maximum atomic E-state index is 12.8. The van der Waals surface area contributed by atoms with E-state index in [4.69, 9.17) is 0 Å². The molecule has 1 heterocycles. The van der Waals surface area contributed by atoms with Crippen molar-refractivity contribution in [2.45, 2.75) is 0 Å². The Bertz CT molecular complexity index is 734. The molecule has 0 saturated carbocycles. The zero-order valence-corrected chi connectivity index (χ0v) is 9.85. The summed E-state index contributed by atoms with van der Waals surface area (Å²) in [6, 6.07) is 11.2. The van der Waals surface area contributed by atoms with Crippen molar-refractivity contribution in [3.8, 4) is 0 Å². The van der Waals surface area contributed by atoms with Gasteiger partial charge in [0.05, 0.1) is 11.0 Å². The number of benzene rings is 2. The van der Waals surface area contributed by atoms with Crippen molar-refractivity contribution in [1.82, 2.24) is 9.97 Å². The largest absolute Gasteiger partial charge is 0.326 e. The SMILES string of the molecule is O=Cc1ccc2nc(Nc3ccc(F)cc3)[nH]c2c1. The van der Waals surface area contributed by atoms with Gasteiger partial charge in [0.2, 0.25) is 5.95 Å². The first-order valence-electron chi connectivity index (χ1n) is 5.72. The third-order valence-corrected chi connectivity index (χ3v) is 2.75. The average Bonchev–Trinajstić information content (AvgIpc) is 2.82. The first-order valence-corrected chi connectivity index (χ1v) is 5.72. The molecule has 0 amide bonds. The third kappa shape index (κ3) is 2.30. The first-order chi connectivity index (χ1) is 9.24. The first kappa shape index (κ1) is 11.4. The highest BCUT2D eigenvalue weighted by molar-refractivity contribution is 5.86. The van der Waals surface area contributed by atoms with Gasteiger partial charge in [-0.2, -0.15) is 0 Å². The van der Waals surface area contributed by atoms with Gasteiger partial charge in [-0.15, -0.1) is 0 Å². The summed E-state index contributed by atoms with van der Waals surface area (Å²) in [7, 11) is 0. The van der Waals surface area contributed by atoms with Gasteiger partial charge in [0.25, 0.3) is 0 Å². The van der Waals surface area contributed by atoms with E-state index in [1.807, 2.05) is 0 Å². The molecule has 0 spiro atoms. The highest BCUT2D eigenvalue weighted by Crippen LogP contribution is 2.19. The van der Waals surface area contributed by atoms with Crippen LogP contribution < -0.4 is 5.32 Å². The lowest BCUT2D eigenvalue weighted by Crippen LogP contribution is -1.91. The maximum absolute atomic E-state index is 12.8. The number of nitrogens with one attached hydrogen (secondary N) is 2. The van der Waals surface area contributed by atoms with Crippen LogP contribution in [-0.2, 0) is 0 Å². The number of carbonyl (C=O) groups is 1. The highest BCUT2D eigenvalue weighted by atomic mass is 19.1. The van der Waals surface area contributed by atoms with E-state index in [9.17, 15) is 9.18 Å². The molecular weight excluding hydrogens is 245 g/mol. The third-order valence-electron chi connectivity index (χ3n) is 2.75. The lowest BCUT2D eigenvalue weighted by atomic mass is 10.2. The minimum Gasteiger partial charge on any atom is -0.326 e. The summed E-state index contributed by atoms with van der Waals surface area (Å²) < 4.78 is 12.8. The Morgan fingerprint density at radius 1 is 1.16 bits per heavy atom. The van der Waals surface area contributed by atoms with Crippen molar-refractivity contribution in [2.24, 2.45) is 0 Å². The molecule has 4 nitrogen and oxygen atoms in total. The lowest BCUT2D eigenvalue weighted by Gasteiger charge is -2.01. The number of carbonyl (C=O) groups excluding carboxylic acids is 1. The lowest BCUT2D eigenvalue weighted by molar-refractivity contribution is 0.112. The number of nitrogens with zero attached hydrogens (tertiary/aromatic N) is 1. The summed E-state index contributed by atoms with van der Waals surface area (Å²) in [4.78, 5) is 18.1. The van der Waals surface area contributed by atoms with Crippen molar-refractivity contribution in [3.05, 3.63) is 53.8 Å².